The molecular formula is C12H17N3O3S. The van der Waals surface area contributed by atoms with Crippen molar-refractivity contribution in [1.29, 1.82) is 0 Å². The molecule has 0 unspecified atom stereocenters. The first-order chi connectivity index (χ1) is 9.17. The Bertz CT molecular complexity index is 457. The number of hydrogen-bond acceptors (Lipinski definition) is 5. The summed E-state index contributed by atoms with van der Waals surface area (Å²) < 4.78 is 4.57. The number of thiazole rings is 1. The van der Waals surface area contributed by atoms with Crippen molar-refractivity contribution in [3.05, 3.63) is 11.1 Å². The molecule has 0 atom stereocenters. The molecule has 0 bridgehead atoms. The quantitative estimate of drug-likeness (QED) is 0.782. The van der Waals surface area contributed by atoms with Crippen molar-refractivity contribution in [3.8, 4) is 0 Å². The highest BCUT2D eigenvalue weighted by Gasteiger charge is 2.23. The summed E-state index contributed by atoms with van der Waals surface area (Å²) >= 11 is 1.39. The smallest absolute Gasteiger partial charge is 0.321 e. The molecule has 1 fully saturated rings. The predicted octanol–water partition coefficient (Wildman–Crippen LogP) is 1.92. The SMILES string of the molecule is COC(=O)CCCc1csc(NC(=O)NC2CC2)n1. The zero-order valence-corrected chi connectivity index (χ0v) is 11.6. The number of carbonyl (C=O) groups excluding carboxylic acids is 2. The standard InChI is InChI=1S/C12H17N3O3S/c1-18-10(16)4-2-3-9-7-19-12(14-9)15-11(17)13-8-5-6-8/h7-8H,2-6H2,1H3,(H2,13,14,15,17). The van der Waals surface area contributed by atoms with E-state index in [0.717, 1.165) is 18.5 Å². The number of urea groups is 1. The van der Waals surface area contributed by atoms with Crippen LogP contribution in [-0.2, 0) is 16.0 Å². The van der Waals surface area contributed by atoms with E-state index in [2.05, 4.69) is 20.4 Å². The van der Waals surface area contributed by atoms with E-state index in [1.54, 1.807) is 0 Å². The van der Waals surface area contributed by atoms with Crippen LogP contribution in [-0.4, -0.2) is 30.1 Å². The van der Waals surface area contributed by atoms with E-state index in [0.29, 0.717) is 30.4 Å². The highest BCUT2D eigenvalue weighted by Crippen LogP contribution is 2.20. The molecule has 0 aromatic carbocycles. The lowest BCUT2D eigenvalue weighted by Gasteiger charge is -2.02. The first kappa shape index (κ1) is 13.8. The summed E-state index contributed by atoms with van der Waals surface area (Å²) in [5.74, 6) is -0.211. The molecule has 104 valence electrons. The highest BCUT2D eigenvalue weighted by molar-refractivity contribution is 7.13. The molecule has 1 aliphatic rings. The number of nitrogens with one attached hydrogen (secondary N) is 2. The van der Waals surface area contributed by atoms with Gasteiger partial charge in [-0.25, -0.2) is 9.78 Å². The first-order valence-corrected chi connectivity index (χ1v) is 7.14. The van der Waals surface area contributed by atoms with Crippen LogP contribution in [0.15, 0.2) is 5.38 Å². The Kier molecular flexibility index (Phi) is 4.73. The summed E-state index contributed by atoms with van der Waals surface area (Å²) in [6.45, 7) is 0. The van der Waals surface area contributed by atoms with Gasteiger partial charge in [0, 0.05) is 17.8 Å². The van der Waals surface area contributed by atoms with E-state index in [1.165, 1.54) is 18.4 Å². The van der Waals surface area contributed by atoms with Gasteiger partial charge < -0.3 is 10.1 Å². The van der Waals surface area contributed by atoms with Crippen LogP contribution in [0.2, 0.25) is 0 Å². The summed E-state index contributed by atoms with van der Waals surface area (Å²) in [4.78, 5) is 26.7. The molecular weight excluding hydrogens is 266 g/mol. The Morgan fingerprint density at radius 2 is 2.32 bits per heavy atom. The van der Waals surface area contributed by atoms with Gasteiger partial charge in [0.05, 0.1) is 12.8 Å². The lowest BCUT2D eigenvalue weighted by molar-refractivity contribution is -0.140. The number of hydrogen-bond donors (Lipinski definition) is 2. The molecule has 1 heterocycles. The van der Waals surface area contributed by atoms with Gasteiger partial charge in [-0.2, -0.15) is 0 Å². The molecule has 6 nitrogen and oxygen atoms in total. The van der Waals surface area contributed by atoms with E-state index in [9.17, 15) is 9.59 Å². The maximum absolute atomic E-state index is 11.5. The van der Waals surface area contributed by atoms with Crippen molar-refractivity contribution in [2.45, 2.75) is 38.1 Å². The third-order valence-corrected chi connectivity index (χ3v) is 3.53. The average Bonchev–Trinajstić information content (AvgIpc) is 3.08. The van der Waals surface area contributed by atoms with Crippen molar-refractivity contribution in [1.82, 2.24) is 10.3 Å². The van der Waals surface area contributed by atoms with Crippen molar-refractivity contribution in [2.24, 2.45) is 0 Å². The van der Waals surface area contributed by atoms with Crippen LogP contribution in [0.5, 0.6) is 0 Å². The van der Waals surface area contributed by atoms with Gasteiger partial charge in [-0.3, -0.25) is 10.1 Å². The summed E-state index contributed by atoms with van der Waals surface area (Å²) in [7, 11) is 1.38. The predicted molar refractivity (Wildman–Crippen MR) is 72.2 cm³/mol. The fourth-order valence-electron chi connectivity index (χ4n) is 1.54. The number of aryl methyl sites for hydroxylation is 1. The number of anilines is 1. The van der Waals surface area contributed by atoms with Crippen LogP contribution in [0.3, 0.4) is 0 Å². The minimum Gasteiger partial charge on any atom is -0.469 e. The third kappa shape index (κ3) is 4.86. The van der Waals surface area contributed by atoms with Crippen molar-refractivity contribution in [2.75, 3.05) is 12.4 Å². The number of ether oxygens (including phenoxy) is 1. The fraction of sp³-hybridized carbons (Fsp3) is 0.583. The average molecular weight is 283 g/mol. The maximum Gasteiger partial charge on any atom is 0.321 e. The molecule has 0 spiro atoms. The van der Waals surface area contributed by atoms with Gasteiger partial charge in [0.25, 0.3) is 0 Å². The molecule has 2 amide bonds. The Hall–Kier alpha value is -1.63. The number of aromatic nitrogens is 1. The monoisotopic (exact) mass is 283 g/mol. The number of nitrogens with zero attached hydrogens (tertiary/aromatic N) is 1. The first-order valence-electron chi connectivity index (χ1n) is 6.26. The van der Waals surface area contributed by atoms with Crippen molar-refractivity contribution in [3.63, 3.8) is 0 Å². The highest BCUT2D eigenvalue weighted by atomic mass is 32.1. The van der Waals surface area contributed by atoms with E-state index >= 15 is 0 Å². The summed E-state index contributed by atoms with van der Waals surface area (Å²) in [5.41, 5.74) is 0.885. The van der Waals surface area contributed by atoms with Gasteiger partial charge >= 0.3 is 12.0 Å². The van der Waals surface area contributed by atoms with Gasteiger partial charge in [0.1, 0.15) is 0 Å². The van der Waals surface area contributed by atoms with E-state index in [4.69, 9.17) is 0 Å². The zero-order valence-electron chi connectivity index (χ0n) is 10.8. The Morgan fingerprint density at radius 1 is 1.53 bits per heavy atom. The summed E-state index contributed by atoms with van der Waals surface area (Å²) in [6.07, 6.45) is 3.91. The van der Waals surface area contributed by atoms with Crippen molar-refractivity contribution < 1.29 is 14.3 Å². The molecule has 1 aliphatic carbocycles. The zero-order chi connectivity index (χ0) is 13.7. The van der Waals surface area contributed by atoms with E-state index < -0.39 is 0 Å². The topological polar surface area (TPSA) is 80.3 Å². The van der Waals surface area contributed by atoms with Crippen LogP contribution in [0.4, 0.5) is 9.93 Å². The van der Waals surface area contributed by atoms with Crippen LogP contribution < -0.4 is 10.6 Å². The molecule has 0 saturated heterocycles. The molecule has 1 saturated carbocycles. The van der Waals surface area contributed by atoms with Crippen LogP contribution in [0.1, 0.15) is 31.4 Å². The molecule has 0 aliphatic heterocycles. The van der Waals surface area contributed by atoms with Crippen LogP contribution in [0.25, 0.3) is 0 Å². The van der Waals surface area contributed by atoms with Crippen molar-refractivity contribution >= 4 is 28.5 Å². The minimum atomic E-state index is -0.211. The van der Waals surface area contributed by atoms with Gasteiger partial charge in [0.15, 0.2) is 5.13 Å². The van der Waals surface area contributed by atoms with Gasteiger partial charge in [-0.15, -0.1) is 11.3 Å². The third-order valence-electron chi connectivity index (χ3n) is 2.73. The number of esters is 1. The summed E-state index contributed by atoms with van der Waals surface area (Å²) in [5, 5.41) is 8.02. The second kappa shape index (κ2) is 6.51. The van der Waals surface area contributed by atoms with Crippen LogP contribution in [0, 0.1) is 0 Å². The van der Waals surface area contributed by atoms with Gasteiger partial charge in [0.2, 0.25) is 0 Å². The largest absolute Gasteiger partial charge is 0.469 e. The van der Waals surface area contributed by atoms with Gasteiger partial charge in [-0.1, -0.05) is 0 Å². The Morgan fingerprint density at radius 3 is 3.00 bits per heavy atom. The molecule has 19 heavy (non-hydrogen) atoms. The lowest BCUT2D eigenvalue weighted by atomic mass is 10.2. The molecule has 0 radical (unpaired) electrons. The number of carbonyl (C=O) groups is 2. The molecule has 2 rings (SSSR count). The minimum absolute atomic E-state index is 0.196. The number of methoxy groups -OCH3 is 1. The lowest BCUT2D eigenvalue weighted by Crippen LogP contribution is -2.30. The van der Waals surface area contributed by atoms with E-state index in [-0.39, 0.29) is 12.0 Å². The molecule has 2 N–H and O–H groups in total. The molecule has 1 aromatic rings. The molecule has 7 heteroatoms. The van der Waals surface area contributed by atoms with Gasteiger partial charge in [-0.05, 0) is 25.7 Å². The van der Waals surface area contributed by atoms with E-state index in [1.807, 2.05) is 5.38 Å². The number of amides is 2. The Labute approximate surface area is 115 Å². The number of rotatable bonds is 6. The molecule has 1 aromatic heterocycles. The normalized spacial score (nSPS) is 13.9. The second-order valence-corrected chi connectivity index (χ2v) is 5.30. The fourth-order valence-corrected chi connectivity index (χ4v) is 2.28. The second-order valence-electron chi connectivity index (χ2n) is 4.45. The summed E-state index contributed by atoms with van der Waals surface area (Å²) in [6, 6.07) is 0.137. The maximum atomic E-state index is 11.5. The van der Waals surface area contributed by atoms with Crippen LogP contribution >= 0.6 is 11.3 Å². The Balaban J connectivity index is 1.71.